The zero-order valence-electron chi connectivity index (χ0n) is 20.0. The molecule has 2 aromatic carbocycles. The van der Waals surface area contributed by atoms with Crippen LogP contribution >= 0.6 is 11.8 Å². The number of nitrogens with zero attached hydrogens (tertiary/aromatic N) is 4. The van der Waals surface area contributed by atoms with Gasteiger partial charge >= 0.3 is 5.97 Å². The zero-order chi connectivity index (χ0) is 24.9. The fourth-order valence-corrected chi connectivity index (χ4v) is 4.63. The SMILES string of the molecule is CCCCSc1nnc2c(n1)O[C@H](c1cccc(OC)c1OC(C)=O)N(C(C)=O)c1ccccc1-2. The summed E-state index contributed by atoms with van der Waals surface area (Å²) in [5.74, 6) is 0.772. The number of amides is 1. The second kappa shape index (κ2) is 10.7. The molecule has 0 aliphatic carbocycles. The minimum atomic E-state index is -1.01. The van der Waals surface area contributed by atoms with E-state index < -0.39 is 12.2 Å². The van der Waals surface area contributed by atoms with Crippen molar-refractivity contribution >= 4 is 29.3 Å². The number of para-hydroxylation sites is 2. The number of carbonyl (C=O) groups excluding carboxylic acids is 2. The van der Waals surface area contributed by atoms with Crippen LogP contribution in [-0.2, 0) is 9.59 Å². The molecule has 4 rings (SSSR count). The summed E-state index contributed by atoms with van der Waals surface area (Å²) in [6, 6.07) is 12.5. The molecule has 0 radical (unpaired) electrons. The van der Waals surface area contributed by atoms with E-state index in [1.165, 1.54) is 37.6 Å². The van der Waals surface area contributed by atoms with Crippen molar-refractivity contribution in [1.29, 1.82) is 0 Å². The molecule has 0 N–H and O–H groups in total. The average Bonchev–Trinajstić information content (AvgIpc) is 2.98. The number of fused-ring (bicyclic) bond motifs is 3. The molecule has 35 heavy (non-hydrogen) atoms. The summed E-state index contributed by atoms with van der Waals surface area (Å²) in [6.45, 7) is 4.86. The predicted octanol–water partition coefficient (Wildman–Crippen LogP) is 4.81. The van der Waals surface area contributed by atoms with Gasteiger partial charge in [0.15, 0.2) is 17.2 Å². The van der Waals surface area contributed by atoms with E-state index >= 15 is 0 Å². The predicted molar refractivity (Wildman–Crippen MR) is 132 cm³/mol. The van der Waals surface area contributed by atoms with Crippen molar-refractivity contribution in [2.75, 3.05) is 17.8 Å². The lowest BCUT2D eigenvalue weighted by Crippen LogP contribution is -2.36. The molecule has 3 aromatic rings. The summed E-state index contributed by atoms with van der Waals surface area (Å²) in [5, 5.41) is 9.19. The number of carbonyl (C=O) groups is 2. The van der Waals surface area contributed by atoms with Crippen LogP contribution in [0, 0.1) is 0 Å². The molecule has 1 amide bonds. The third kappa shape index (κ3) is 5.07. The highest BCUT2D eigenvalue weighted by molar-refractivity contribution is 7.99. The molecule has 0 unspecified atom stereocenters. The molecule has 0 bridgehead atoms. The number of unbranched alkanes of at least 4 members (excludes halogenated alkanes) is 1. The van der Waals surface area contributed by atoms with Crippen molar-refractivity contribution in [3.8, 4) is 28.6 Å². The van der Waals surface area contributed by atoms with E-state index in [-0.39, 0.29) is 17.5 Å². The topological polar surface area (TPSA) is 104 Å². The minimum Gasteiger partial charge on any atom is -0.493 e. The van der Waals surface area contributed by atoms with Crippen LogP contribution in [0.4, 0.5) is 5.69 Å². The standard InChI is InChI=1S/C25H26N4O5S/c1-5-6-14-35-25-26-23-21(27-28-25)17-10-7-8-12-19(17)29(15(2)30)24(34-23)18-11-9-13-20(32-4)22(18)33-16(3)31/h7-13,24H,5-6,14H2,1-4H3/t24-/m1/s1. The number of thioether (sulfide) groups is 1. The Balaban J connectivity index is 1.92. The zero-order valence-corrected chi connectivity index (χ0v) is 20.8. The van der Waals surface area contributed by atoms with Gasteiger partial charge in [0.25, 0.3) is 0 Å². The molecule has 1 aliphatic rings. The van der Waals surface area contributed by atoms with E-state index in [1.54, 1.807) is 24.3 Å². The first-order valence-electron chi connectivity index (χ1n) is 11.2. The molecule has 0 saturated carbocycles. The Morgan fingerprint density at radius 1 is 1.11 bits per heavy atom. The molecule has 2 heterocycles. The van der Waals surface area contributed by atoms with Crippen molar-refractivity contribution in [2.45, 2.75) is 45.0 Å². The van der Waals surface area contributed by atoms with Gasteiger partial charge in [-0.1, -0.05) is 49.4 Å². The first kappa shape index (κ1) is 24.5. The van der Waals surface area contributed by atoms with Crippen LogP contribution in [0.5, 0.6) is 17.4 Å². The maximum Gasteiger partial charge on any atom is 0.308 e. The summed E-state index contributed by atoms with van der Waals surface area (Å²) in [5.41, 5.74) is 2.08. The number of benzene rings is 2. The Bertz CT molecular complexity index is 1250. The Morgan fingerprint density at radius 3 is 2.63 bits per heavy atom. The van der Waals surface area contributed by atoms with Crippen LogP contribution in [0.2, 0.25) is 0 Å². The smallest absolute Gasteiger partial charge is 0.308 e. The quantitative estimate of drug-likeness (QED) is 0.198. The highest BCUT2D eigenvalue weighted by Crippen LogP contribution is 2.46. The van der Waals surface area contributed by atoms with E-state index in [4.69, 9.17) is 14.2 Å². The third-order valence-electron chi connectivity index (χ3n) is 5.32. The summed E-state index contributed by atoms with van der Waals surface area (Å²) in [6.07, 6.45) is 1.06. The molecule has 9 nitrogen and oxygen atoms in total. The number of anilines is 1. The molecule has 1 atom stereocenters. The third-order valence-corrected chi connectivity index (χ3v) is 6.25. The number of rotatable bonds is 7. The molecule has 182 valence electrons. The first-order chi connectivity index (χ1) is 16.9. The number of ether oxygens (including phenoxy) is 3. The van der Waals surface area contributed by atoms with Crippen molar-refractivity contribution in [2.24, 2.45) is 0 Å². The van der Waals surface area contributed by atoms with E-state index in [2.05, 4.69) is 22.1 Å². The Kier molecular flexibility index (Phi) is 7.50. The van der Waals surface area contributed by atoms with Crippen LogP contribution in [0.3, 0.4) is 0 Å². The lowest BCUT2D eigenvalue weighted by molar-refractivity contribution is -0.132. The van der Waals surface area contributed by atoms with Crippen LogP contribution in [0.15, 0.2) is 47.6 Å². The Hall–Kier alpha value is -3.66. The number of methoxy groups -OCH3 is 1. The summed E-state index contributed by atoms with van der Waals surface area (Å²) >= 11 is 1.49. The van der Waals surface area contributed by atoms with Gasteiger partial charge < -0.3 is 14.2 Å². The van der Waals surface area contributed by atoms with Crippen LogP contribution < -0.4 is 19.1 Å². The number of esters is 1. The molecule has 0 fully saturated rings. The molecular formula is C25H26N4O5S. The van der Waals surface area contributed by atoms with E-state index in [0.29, 0.717) is 33.4 Å². The molecule has 1 aliphatic heterocycles. The molecule has 10 heteroatoms. The summed E-state index contributed by atoms with van der Waals surface area (Å²) < 4.78 is 17.4. The van der Waals surface area contributed by atoms with Crippen molar-refractivity contribution in [3.05, 3.63) is 48.0 Å². The van der Waals surface area contributed by atoms with Crippen molar-refractivity contribution in [1.82, 2.24) is 15.2 Å². The normalized spacial score (nSPS) is 14.3. The second-order valence-electron chi connectivity index (χ2n) is 7.80. The first-order valence-corrected chi connectivity index (χ1v) is 12.2. The monoisotopic (exact) mass is 494 g/mol. The molecule has 0 saturated heterocycles. The number of hydrogen-bond donors (Lipinski definition) is 0. The second-order valence-corrected chi connectivity index (χ2v) is 8.86. The largest absolute Gasteiger partial charge is 0.493 e. The fourth-order valence-electron chi connectivity index (χ4n) is 3.76. The maximum absolute atomic E-state index is 13.0. The van der Waals surface area contributed by atoms with Gasteiger partial charge in [-0.15, -0.1) is 10.2 Å². The number of hydrogen-bond acceptors (Lipinski definition) is 9. The fraction of sp³-hybridized carbons (Fsp3) is 0.320. The van der Waals surface area contributed by atoms with Gasteiger partial charge in [0, 0.05) is 25.2 Å². The lowest BCUT2D eigenvalue weighted by Gasteiger charge is -2.31. The summed E-state index contributed by atoms with van der Waals surface area (Å²) in [4.78, 5) is 31.1. The van der Waals surface area contributed by atoms with Crippen molar-refractivity contribution < 1.29 is 23.8 Å². The van der Waals surface area contributed by atoms with E-state index in [0.717, 1.165) is 18.6 Å². The van der Waals surface area contributed by atoms with Gasteiger partial charge in [-0.2, -0.15) is 4.98 Å². The Morgan fingerprint density at radius 2 is 1.91 bits per heavy atom. The van der Waals surface area contributed by atoms with E-state index in [1.807, 2.05) is 18.2 Å². The van der Waals surface area contributed by atoms with Gasteiger partial charge in [0.2, 0.25) is 23.2 Å². The van der Waals surface area contributed by atoms with E-state index in [9.17, 15) is 9.59 Å². The van der Waals surface area contributed by atoms with Gasteiger partial charge in [0.05, 0.1) is 18.4 Å². The number of aromatic nitrogens is 3. The molecule has 1 aromatic heterocycles. The van der Waals surface area contributed by atoms with Gasteiger partial charge in [-0.05, 0) is 24.6 Å². The van der Waals surface area contributed by atoms with Crippen molar-refractivity contribution in [3.63, 3.8) is 0 Å². The van der Waals surface area contributed by atoms with Crippen LogP contribution in [0.1, 0.15) is 45.4 Å². The van der Waals surface area contributed by atoms with Gasteiger partial charge in [-0.25, -0.2) is 0 Å². The maximum atomic E-state index is 13.0. The van der Waals surface area contributed by atoms with Crippen LogP contribution in [0.25, 0.3) is 11.3 Å². The lowest BCUT2D eigenvalue weighted by atomic mass is 10.1. The average molecular weight is 495 g/mol. The highest BCUT2D eigenvalue weighted by Gasteiger charge is 2.37. The van der Waals surface area contributed by atoms with Gasteiger partial charge in [-0.3, -0.25) is 14.5 Å². The Labute approximate surface area is 207 Å². The minimum absolute atomic E-state index is 0.166. The molecular weight excluding hydrogens is 468 g/mol. The van der Waals surface area contributed by atoms with Crippen LogP contribution in [-0.4, -0.2) is 39.9 Å². The molecule has 0 spiro atoms. The highest BCUT2D eigenvalue weighted by atomic mass is 32.2. The summed E-state index contributed by atoms with van der Waals surface area (Å²) in [7, 11) is 1.48. The van der Waals surface area contributed by atoms with Gasteiger partial charge in [0.1, 0.15) is 0 Å².